The first-order chi connectivity index (χ1) is 8.67. The fourth-order valence-corrected chi connectivity index (χ4v) is 2.05. The zero-order valence-corrected chi connectivity index (χ0v) is 10.1. The molecule has 0 aromatic carbocycles. The van der Waals surface area contributed by atoms with Gasteiger partial charge in [-0.05, 0) is 26.2 Å². The van der Waals surface area contributed by atoms with Crippen LogP contribution in [0.2, 0.25) is 0 Å². The third-order valence-corrected chi connectivity index (χ3v) is 3.01. The SMILES string of the molecule is Cc1nc(N2CCCCC2O)c(C#N)nc1C#N. The van der Waals surface area contributed by atoms with Crippen molar-refractivity contribution in [2.24, 2.45) is 0 Å². The van der Waals surface area contributed by atoms with Crippen molar-refractivity contribution in [3.05, 3.63) is 17.1 Å². The number of anilines is 1. The molecule has 92 valence electrons. The third kappa shape index (κ3) is 2.11. The molecule has 0 saturated carbocycles. The van der Waals surface area contributed by atoms with Gasteiger partial charge in [0.05, 0.1) is 5.69 Å². The second kappa shape index (κ2) is 4.99. The van der Waals surface area contributed by atoms with E-state index in [1.165, 1.54) is 0 Å². The number of nitriles is 2. The lowest BCUT2D eigenvalue weighted by Crippen LogP contribution is -2.40. The van der Waals surface area contributed by atoms with E-state index in [1.807, 2.05) is 12.1 Å². The minimum absolute atomic E-state index is 0.0955. The van der Waals surface area contributed by atoms with Gasteiger partial charge in [-0.2, -0.15) is 10.5 Å². The highest BCUT2D eigenvalue weighted by atomic mass is 16.3. The fraction of sp³-hybridized carbons (Fsp3) is 0.500. The summed E-state index contributed by atoms with van der Waals surface area (Å²) in [6, 6.07) is 3.84. The molecule has 1 atom stereocenters. The van der Waals surface area contributed by atoms with Crippen LogP contribution in [0.1, 0.15) is 36.3 Å². The normalized spacial score (nSPS) is 19.1. The molecule has 1 aliphatic rings. The number of aliphatic hydroxyl groups excluding tert-OH is 1. The molecule has 2 rings (SSSR count). The predicted molar refractivity (Wildman–Crippen MR) is 63.4 cm³/mol. The van der Waals surface area contributed by atoms with Crippen molar-refractivity contribution >= 4 is 5.82 Å². The molecule has 1 unspecified atom stereocenters. The molecule has 0 bridgehead atoms. The predicted octanol–water partition coefficient (Wildman–Crippen LogP) is 0.837. The Kier molecular flexibility index (Phi) is 3.40. The van der Waals surface area contributed by atoms with E-state index < -0.39 is 6.23 Å². The van der Waals surface area contributed by atoms with Gasteiger partial charge in [-0.25, -0.2) is 9.97 Å². The number of aromatic nitrogens is 2. The van der Waals surface area contributed by atoms with Gasteiger partial charge in [0.15, 0.2) is 17.2 Å². The molecule has 0 spiro atoms. The third-order valence-electron chi connectivity index (χ3n) is 3.01. The van der Waals surface area contributed by atoms with Crippen molar-refractivity contribution in [2.45, 2.75) is 32.4 Å². The average Bonchev–Trinajstić information content (AvgIpc) is 2.39. The molecule has 6 nitrogen and oxygen atoms in total. The van der Waals surface area contributed by atoms with Crippen LogP contribution in [0.5, 0.6) is 0 Å². The molecule has 2 heterocycles. The smallest absolute Gasteiger partial charge is 0.184 e. The topological polar surface area (TPSA) is 96.8 Å². The lowest BCUT2D eigenvalue weighted by Gasteiger charge is -2.33. The first kappa shape index (κ1) is 12.3. The minimum Gasteiger partial charge on any atom is -0.374 e. The van der Waals surface area contributed by atoms with Gasteiger partial charge in [0.25, 0.3) is 0 Å². The number of hydrogen-bond acceptors (Lipinski definition) is 6. The van der Waals surface area contributed by atoms with E-state index in [0.29, 0.717) is 24.5 Å². The zero-order chi connectivity index (χ0) is 13.1. The summed E-state index contributed by atoms with van der Waals surface area (Å²) in [7, 11) is 0. The van der Waals surface area contributed by atoms with Gasteiger partial charge in [-0.1, -0.05) is 0 Å². The van der Waals surface area contributed by atoms with E-state index in [1.54, 1.807) is 11.8 Å². The molecule has 6 heteroatoms. The van der Waals surface area contributed by atoms with Crippen LogP contribution in [0.4, 0.5) is 5.82 Å². The van der Waals surface area contributed by atoms with Gasteiger partial charge in [-0.3, -0.25) is 0 Å². The van der Waals surface area contributed by atoms with Gasteiger partial charge in [0.2, 0.25) is 0 Å². The van der Waals surface area contributed by atoms with E-state index in [0.717, 1.165) is 12.8 Å². The molecular weight excluding hydrogens is 230 g/mol. The number of aryl methyl sites for hydroxylation is 1. The number of hydrogen-bond donors (Lipinski definition) is 1. The fourth-order valence-electron chi connectivity index (χ4n) is 2.05. The van der Waals surface area contributed by atoms with Gasteiger partial charge in [0, 0.05) is 6.54 Å². The van der Waals surface area contributed by atoms with E-state index in [2.05, 4.69) is 9.97 Å². The monoisotopic (exact) mass is 243 g/mol. The van der Waals surface area contributed by atoms with Crippen LogP contribution in [0.3, 0.4) is 0 Å². The summed E-state index contributed by atoms with van der Waals surface area (Å²) in [6.07, 6.45) is 1.93. The Labute approximate surface area is 105 Å². The summed E-state index contributed by atoms with van der Waals surface area (Å²) >= 11 is 0. The molecule has 1 fully saturated rings. The Hall–Kier alpha value is -2.18. The molecular formula is C12H13N5O. The summed E-state index contributed by atoms with van der Waals surface area (Å²) in [5.41, 5.74) is 0.726. The van der Waals surface area contributed by atoms with Gasteiger partial charge >= 0.3 is 0 Å². The van der Waals surface area contributed by atoms with Crippen molar-refractivity contribution in [3.8, 4) is 12.1 Å². The zero-order valence-electron chi connectivity index (χ0n) is 10.1. The highest BCUT2D eigenvalue weighted by Crippen LogP contribution is 2.24. The first-order valence-electron chi connectivity index (χ1n) is 5.81. The quantitative estimate of drug-likeness (QED) is 0.784. The summed E-state index contributed by atoms with van der Waals surface area (Å²) in [5, 5.41) is 27.9. The van der Waals surface area contributed by atoms with Gasteiger partial charge < -0.3 is 10.0 Å². The Morgan fingerprint density at radius 2 is 1.94 bits per heavy atom. The van der Waals surface area contributed by atoms with Crippen LogP contribution >= 0.6 is 0 Å². The summed E-state index contributed by atoms with van der Waals surface area (Å²) in [6.45, 7) is 2.32. The van der Waals surface area contributed by atoms with Crippen LogP contribution in [-0.4, -0.2) is 27.8 Å². The van der Waals surface area contributed by atoms with Crippen LogP contribution in [0.15, 0.2) is 0 Å². The molecule has 1 N–H and O–H groups in total. The summed E-state index contributed by atoms with van der Waals surface area (Å²) in [4.78, 5) is 9.91. The maximum absolute atomic E-state index is 9.94. The van der Waals surface area contributed by atoms with E-state index in [9.17, 15) is 5.11 Å². The van der Waals surface area contributed by atoms with Crippen molar-refractivity contribution in [1.29, 1.82) is 10.5 Å². The van der Waals surface area contributed by atoms with Crippen molar-refractivity contribution in [3.63, 3.8) is 0 Å². The number of piperidine rings is 1. The molecule has 1 saturated heterocycles. The number of rotatable bonds is 1. The molecule has 18 heavy (non-hydrogen) atoms. The maximum atomic E-state index is 9.94. The molecule has 0 aliphatic carbocycles. The van der Waals surface area contributed by atoms with E-state index in [-0.39, 0.29) is 11.4 Å². The van der Waals surface area contributed by atoms with E-state index >= 15 is 0 Å². The lowest BCUT2D eigenvalue weighted by molar-refractivity contribution is 0.139. The van der Waals surface area contributed by atoms with Crippen LogP contribution in [-0.2, 0) is 0 Å². The Morgan fingerprint density at radius 3 is 2.56 bits per heavy atom. The first-order valence-corrected chi connectivity index (χ1v) is 5.81. The molecule has 0 amide bonds. The van der Waals surface area contributed by atoms with Crippen molar-refractivity contribution in [2.75, 3.05) is 11.4 Å². The molecule has 1 aromatic heterocycles. The van der Waals surface area contributed by atoms with Gasteiger partial charge in [0.1, 0.15) is 18.4 Å². The second-order valence-corrected chi connectivity index (χ2v) is 4.22. The van der Waals surface area contributed by atoms with Crippen LogP contribution < -0.4 is 4.90 Å². The largest absolute Gasteiger partial charge is 0.374 e. The van der Waals surface area contributed by atoms with Crippen LogP contribution in [0, 0.1) is 29.6 Å². The van der Waals surface area contributed by atoms with Crippen molar-refractivity contribution in [1.82, 2.24) is 9.97 Å². The summed E-state index contributed by atoms with van der Waals surface area (Å²) in [5.74, 6) is 0.376. The summed E-state index contributed by atoms with van der Waals surface area (Å²) < 4.78 is 0. The number of aliphatic hydroxyl groups is 1. The standard InChI is InChI=1S/C12H13N5O/c1-8-9(6-13)16-10(7-14)12(15-8)17-5-3-2-4-11(17)18/h11,18H,2-5H2,1H3. The maximum Gasteiger partial charge on any atom is 0.184 e. The Morgan fingerprint density at radius 1 is 1.22 bits per heavy atom. The number of nitrogens with zero attached hydrogens (tertiary/aromatic N) is 5. The Bertz CT molecular complexity index is 543. The highest BCUT2D eigenvalue weighted by molar-refractivity contribution is 5.53. The van der Waals surface area contributed by atoms with E-state index in [4.69, 9.17) is 10.5 Å². The molecule has 1 aliphatic heterocycles. The Balaban J connectivity index is 2.47. The molecule has 1 aromatic rings. The average molecular weight is 243 g/mol. The highest BCUT2D eigenvalue weighted by Gasteiger charge is 2.25. The molecule has 0 radical (unpaired) electrons. The van der Waals surface area contributed by atoms with Gasteiger partial charge in [-0.15, -0.1) is 0 Å². The minimum atomic E-state index is -0.632. The second-order valence-electron chi connectivity index (χ2n) is 4.22. The lowest BCUT2D eigenvalue weighted by atomic mass is 10.1. The van der Waals surface area contributed by atoms with Crippen LogP contribution in [0.25, 0.3) is 0 Å². The van der Waals surface area contributed by atoms with Crippen molar-refractivity contribution < 1.29 is 5.11 Å².